The Kier molecular flexibility index (Phi) is 6.97. The summed E-state index contributed by atoms with van der Waals surface area (Å²) in [5.74, 6) is -0.220. The van der Waals surface area contributed by atoms with Crippen LogP contribution in [0.3, 0.4) is 0 Å². The van der Waals surface area contributed by atoms with Crippen LogP contribution in [0.2, 0.25) is 18.1 Å². The van der Waals surface area contributed by atoms with Gasteiger partial charge >= 0.3 is 5.97 Å². The molecule has 6 heteroatoms. The molecule has 0 N–H and O–H groups in total. The van der Waals surface area contributed by atoms with Crippen molar-refractivity contribution < 1.29 is 18.8 Å². The van der Waals surface area contributed by atoms with E-state index >= 15 is 0 Å². The number of carbonyl (C=O) groups is 2. The third kappa shape index (κ3) is 5.48. The van der Waals surface area contributed by atoms with Crippen molar-refractivity contribution >= 4 is 20.1 Å². The zero-order valence-corrected chi connectivity index (χ0v) is 18.5. The van der Waals surface area contributed by atoms with Gasteiger partial charge in [0.1, 0.15) is 5.69 Å². The van der Waals surface area contributed by atoms with Crippen LogP contribution in [0.4, 0.5) is 0 Å². The average Bonchev–Trinajstić information content (AvgIpc) is 2.64. The molecule has 27 heavy (non-hydrogen) atoms. The zero-order valence-electron chi connectivity index (χ0n) is 17.5. The second-order valence-corrected chi connectivity index (χ2v) is 13.8. The third-order valence-corrected chi connectivity index (χ3v) is 10.6. The van der Waals surface area contributed by atoms with Gasteiger partial charge in [0.2, 0.25) is 0 Å². The maximum absolute atomic E-state index is 12.8. The summed E-state index contributed by atoms with van der Waals surface area (Å²) in [6, 6.07) is 5.58. The van der Waals surface area contributed by atoms with Crippen LogP contribution in [-0.2, 0) is 20.6 Å². The van der Waals surface area contributed by atoms with Crippen molar-refractivity contribution in [2.75, 3.05) is 7.11 Å². The summed E-state index contributed by atoms with van der Waals surface area (Å²) in [7, 11) is -0.438. The van der Waals surface area contributed by atoms with E-state index in [0.717, 1.165) is 5.69 Å². The fourth-order valence-corrected chi connectivity index (χ4v) is 4.08. The van der Waals surface area contributed by atoms with E-state index in [2.05, 4.69) is 38.8 Å². The molecule has 150 valence electrons. The van der Waals surface area contributed by atoms with E-state index in [0.29, 0.717) is 38.0 Å². The number of aromatic nitrogens is 1. The first kappa shape index (κ1) is 21.8. The Bertz CT molecular complexity index is 673. The van der Waals surface area contributed by atoms with E-state index in [1.807, 2.05) is 12.1 Å². The minimum atomic E-state index is -1.86. The second-order valence-electron chi connectivity index (χ2n) is 9.00. The first-order chi connectivity index (χ1) is 12.5. The highest BCUT2D eigenvalue weighted by Crippen LogP contribution is 2.37. The number of Topliss-reactive ketones (excluding diaryl/α,β-unsaturated/α-hetero) is 1. The van der Waals surface area contributed by atoms with Crippen LogP contribution >= 0.6 is 0 Å². The van der Waals surface area contributed by atoms with E-state index in [1.54, 1.807) is 6.07 Å². The quantitative estimate of drug-likeness (QED) is 0.397. The van der Waals surface area contributed by atoms with Crippen molar-refractivity contribution in [3.8, 4) is 0 Å². The van der Waals surface area contributed by atoms with Crippen molar-refractivity contribution in [3.05, 3.63) is 29.6 Å². The Hall–Kier alpha value is -1.53. The molecule has 1 heterocycles. The molecule has 0 saturated heterocycles. The van der Waals surface area contributed by atoms with Crippen molar-refractivity contribution in [1.29, 1.82) is 0 Å². The van der Waals surface area contributed by atoms with Crippen LogP contribution in [0.25, 0.3) is 0 Å². The number of ether oxygens (including phenoxy) is 1. The van der Waals surface area contributed by atoms with Gasteiger partial charge in [-0.15, -0.1) is 0 Å². The molecule has 0 bridgehead atoms. The maximum atomic E-state index is 12.8. The van der Waals surface area contributed by atoms with Gasteiger partial charge in [0.15, 0.2) is 14.1 Å². The standard InChI is InChI=1S/C21H33NO4Si/c1-21(2,3)27(5,6)26-14-17-8-7-9-18(22-17)19(23)15-10-12-16(13-11-15)20(24)25-4/h7-9,15-16H,10-14H2,1-6H3. The lowest BCUT2D eigenvalue weighted by atomic mass is 9.79. The summed E-state index contributed by atoms with van der Waals surface area (Å²) >= 11 is 0. The predicted octanol–water partition coefficient (Wildman–Crippen LogP) is 4.77. The minimum absolute atomic E-state index is 0.0602. The van der Waals surface area contributed by atoms with E-state index in [9.17, 15) is 9.59 Å². The average molecular weight is 392 g/mol. The van der Waals surface area contributed by atoms with Crippen LogP contribution in [0, 0.1) is 11.8 Å². The smallest absolute Gasteiger partial charge is 0.308 e. The molecule has 1 saturated carbocycles. The van der Waals surface area contributed by atoms with Gasteiger partial charge in [-0.2, -0.15) is 0 Å². The SMILES string of the molecule is COC(=O)C1CCC(C(=O)c2cccc(CO[Si](C)(C)C(C)(C)C)n2)CC1. The largest absolute Gasteiger partial charge is 0.469 e. The summed E-state index contributed by atoms with van der Waals surface area (Å²) in [6.45, 7) is 11.5. The summed E-state index contributed by atoms with van der Waals surface area (Å²) in [4.78, 5) is 29.1. The zero-order chi connectivity index (χ0) is 20.2. The van der Waals surface area contributed by atoms with Gasteiger partial charge in [0, 0.05) is 5.92 Å². The highest BCUT2D eigenvalue weighted by atomic mass is 28.4. The summed E-state index contributed by atoms with van der Waals surface area (Å²) < 4.78 is 11.0. The number of esters is 1. The lowest BCUT2D eigenvalue weighted by Crippen LogP contribution is -2.40. The number of carbonyl (C=O) groups excluding carboxylic acids is 2. The molecule has 1 fully saturated rings. The Morgan fingerprint density at radius 2 is 1.70 bits per heavy atom. The molecule has 0 spiro atoms. The van der Waals surface area contributed by atoms with Gasteiger partial charge < -0.3 is 9.16 Å². The molecule has 2 rings (SSSR count). The Morgan fingerprint density at radius 1 is 1.11 bits per heavy atom. The lowest BCUT2D eigenvalue weighted by Gasteiger charge is -2.36. The summed E-state index contributed by atoms with van der Waals surface area (Å²) in [5.41, 5.74) is 1.31. The molecule has 0 aromatic carbocycles. The molecule has 1 aliphatic rings. The van der Waals surface area contributed by atoms with Gasteiger partial charge in [-0.3, -0.25) is 9.59 Å². The van der Waals surface area contributed by atoms with Gasteiger partial charge in [0.05, 0.1) is 25.3 Å². The van der Waals surface area contributed by atoms with Crippen molar-refractivity contribution in [2.24, 2.45) is 11.8 Å². The number of rotatable bonds is 6. The topological polar surface area (TPSA) is 65.5 Å². The molecule has 0 atom stereocenters. The van der Waals surface area contributed by atoms with Crippen molar-refractivity contribution in [3.63, 3.8) is 0 Å². The van der Waals surface area contributed by atoms with Gasteiger partial charge in [-0.25, -0.2) is 4.98 Å². The molecule has 0 radical (unpaired) electrons. The second kappa shape index (κ2) is 8.65. The number of nitrogens with zero attached hydrogens (tertiary/aromatic N) is 1. The van der Waals surface area contributed by atoms with Crippen LogP contribution in [0.5, 0.6) is 0 Å². The van der Waals surface area contributed by atoms with Crippen LogP contribution in [0.1, 0.15) is 62.6 Å². The first-order valence-electron chi connectivity index (χ1n) is 9.77. The van der Waals surface area contributed by atoms with Crippen LogP contribution < -0.4 is 0 Å². The minimum Gasteiger partial charge on any atom is -0.469 e. The number of hydrogen-bond acceptors (Lipinski definition) is 5. The maximum Gasteiger partial charge on any atom is 0.308 e. The van der Waals surface area contributed by atoms with E-state index in [-0.39, 0.29) is 28.6 Å². The van der Waals surface area contributed by atoms with Crippen LogP contribution in [0.15, 0.2) is 18.2 Å². The number of ketones is 1. The van der Waals surface area contributed by atoms with E-state index in [1.165, 1.54) is 7.11 Å². The molecule has 1 aromatic rings. The van der Waals surface area contributed by atoms with Crippen LogP contribution in [-0.4, -0.2) is 32.2 Å². The highest BCUT2D eigenvalue weighted by Gasteiger charge is 2.37. The monoisotopic (exact) mass is 391 g/mol. The molecule has 0 unspecified atom stereocenters. The fraction of sp³-hybridized carbons (Fsp3) is 0.667. The molecule has 0 amide bonds. The van der Waals surface area contributed by atoms with E-state index in [4.69, 9.17) is 9.16 Å². The first-order valence-corrected chi connectivity index (χ1v) is 12.7. The number of methoxy groups -OCH3 is 1. The number of hydrogen-bond donors (Lipinski definition) is 0. The Morgan fingerprint density at radius 3 is 2.26 bits per heavy atom. The molecule has 1 aliphatic carbocycles. The van der Waals surface area contributed by atoms with Gasteiger partial charge in [-0.05, 0) is 55.9 Å². The molecular weight excluding hydrogens is 358 g/mol. The van der Waals surface area contributed by atoms with E-state index < -0.39 is 8.32 Å². The van der Waals surface area contributed by atoms with Crippen molar-refractivity contribution in [1.82, 2.24) is 4.98 Å². The molecule has 0 aliphatic heterocycles. The Balaban J connectivity index is 1.99. The summed E-state index contributed by atoms with van der Waals surface area (Å²) in [6.07, 6.45) is 2.84. The Labute approximate surface area is 164 Å². The van der Waals surface area contributed by atoms with Gasteiger partial charge in [-0.1, -0.05) is 26.8 Å². The molecular formula is C21H33NO4Si. The molecule has 1 aromatic heterocycles. The normalized spacial score (nSPS) is 21.0. The van der Waals surface area contributed by atoms with Gasteiger partial charge in [0.25, 0.3) is 0 Å². The fourth-order valence-electron chi connectivity index (χ4n) is 3.14. The van der Waals surface area contributed by atoms with Crippen molar-refractivity contribution in [2.45, 2.75) is 71.2 Å². The molecule has 5 nitrogen and oxygen atoms in total. The lowest BCUT2D eigenvalue weighted by molar-refractivity contribution is -0.146. The third-order valence-electron chi connectivity index (χ3n) is 6.08. The highest BCUT2D eigenvalue weighted by molar-refractivity contribution is 6.74. The predicted molar refractivity (Wildman–Crippen MR) is 108 cm³/mol. The number of pyridine rings is 1. The summed E-state index contributed by atoms with van der Waals surface area (Å²) in [5, 5.41) is 0.138.